The molecule has 0 amide bonds. The predicted molar refractivity (Wildman–Crippen MR) is 55.6 cm³/mol. The Labute approximate surface area is 83.0 Å². The molecule has 0 aliphatic carbocycles. The SMILES string of the molecule is Cc1c(Cl)cc(P)c(Cl)c1Cl. The molecule has 11 heavy (non-hydrogen) atoms. The lowest BCUT2D eigenvalue weighted by molar-refractivity contribution is 1.49. The second kappa shape index (κ2) is 3.49. The van der Waals surface area contributed by atoms with Crippen LogP contribution in [0.4, 0.5) is 0 Å². The zero-order valence-corrected chi connectivity index (χ0v) is 9.21. The van der Waals surface area contributed by atoms with E-state index in [0.29, 0.717) is 15.1 Å². The van der Waals surface area contributed by atoms with Crippen LogP contribution in [0.15, 0.2) is 6.07 Å². The van der Waals surface area contributed by atoms with Crippen LogP contribution in [0.3, 0.4) is 0 Å². The zero-order valence-electron chi connectivity index (χ0n) is 5.79. The smallest absolute Gasteiger partial charge is 0.0667 e. The molecule has 0 aliphatic rings. The Hall–Kier alpha value is 0.520. The van der Waals surface area contributed by atoms with Crippen LogP contribution in [0.2, 0.25) is 15.1 Å². The molecule has 0 saturated carbocycles. The maximum atomic E-state index is 5.86. The van der Waals surface area contributed by atoms with Gasteiger partial charge in [-0.05, 0) is 23.9 Å². The van der Waals surface area contributed by atoms with Crippen molar-refractivity contribution in [2.45, 2.75) is 6.92 Å². The van der Waals surface area contributed by atoms with Crippen molar-refractivity contribution in [2.24, 2.45) is 0 Å². The number of halogens is 3. The summed E-state index contributed by atoms with van der Waals surface area (Å²) < 4.78 is 0. The van der Waals surface area contributed by atoms with E-state index < -0.39 is 0 Å². The fourth-order valence-electron chi connectivity index (χ4n) is 0.704. The average Bonchev–Trinajstić information content (AvgIpc) is 1.97. The van der Waals surface area contributed by atoms with E-state index in [0.717, 1.165) is 10.9 Å². The molecule has 0 saturated heterocycles. The third kappa shape index (κ3) is 1.81. The van der Waals surface area contributed by atoms with Gasteiger partial charge in [-0.1, -0.05) is 34.8 Å². The molecule has 1 aromatic carbocycles. The minimum Gasteiger partial charge on any atom is -0.104 e. The summed E-state index contributed by atoms with van der Waals surface area (Å²) in [5.74, 6) is 0. The molecular formula is C7H6Cl3P. The topological polar surface area (TPSA) is 0 Å². The van der Waals surface area contributed by atoms with E-state index in [1.165, 1.54) is 0 Å². The molecule has 0 fully saturated rings. The lowest BCUT2D eigenvalue weighted by Gasteiger charge is -2.05. The van der Waals surface area contributed by atoms with Crippen LogP contribution in [0.5, 0.6) is 0 Å². The molecule has 1 unspecified atom stereocenters. The van der Waals surface area contributed by atoms with E-state index in [1.807, 2.05) is 6.92 Å². The zero-order chi connectivity index (χ0) is 8.59. The molecule has 0 bridgehead atoms. The largest absolute Gasteiger partial charge is 0.104 e. The van der Waals surface area contributed by atoms with Crippen molar-refractivity contribution in [1.29, 1.82) is 0 Å². The van der Waals surface area contributed by atoms with Crippen molar-refractivity contribution in [3.63, 3.8) is 0 Å². The van der Waals surface area contributed by atoms with Crippen LogP contribution in [0.25, 0.3) is 0 Å². The summed E-state index contributed by atoms with van der Waals surface area (Å²) in [6, 6.07) is 1.77. The van der Waals surface area contributed by atoms with Gasteiger partial charge < -0.3 is 0 Å². The Morgan fingerprint density at radius 2 is 1.73 bits per heavy atom. The highest BCUT2D eigenvalue weighted by Gasteiger charge is 2.07. The quantitative estimate of drug-likeness (QED) is 0.470. The fourth-order valence-corrected chi connectivity index (χ4v) is 1.88. The Bertz CT molecular complexity index is 270. The van der Waals surface area contributed by atoms with Crippen LogP contribution in [0.1, 0.15) is 5.56 Å². The van der Waals surface area contributed by atoms with Gasteiger partial charge in [0.2, 0.25) is 0 Å². The summed E-state index contributed by atoms with van der Waals surface area (Å²) in [5, 5.41) is 2.56. The first-order valence-corrected chi connectivity index (χ1v) is 4.64. The minimum atomic E-state index is 0.532. The third-order valence-corrected chi connectivity index (χ3v) is 3.42. The van der Waals surface area contributed by atoms with Crippen LogP contribution in [-0.4, -0.2) is 0 Å². The van der Waals surface area contributed by atoms with Crippen molar-refractivity contribution in [3.8, 4) is 0 Å². The number of hydrogen-bond acceptors (Lipinski definition) is 0. The number of rotatable bonds is 0. The molecule has 0 radical (unpaired) electrons. The Kier molecular flexibility index (Phi) is 3.05. The first kappa shape index (κ1) is 9.61. The number of hydrogen-bond donors (Lipinski definition) is 0. The van der Waals surface area contributed by atoms with E-state index in [1.54, 1.807) is 6.07 Å². The van der Waals surface area contributed by atoms with Crippen LogP contribution in [0, 0.1) is 6.92 Å². The minimum absolute atomic E-state index is 0.532. The van der Waals surface area contributed by atoms with Gasteiger partial charge in [-0.25, -0.2) is 0 Å². The van der Waals surface area contributed by atoms with Crippen LogP contribution >= 0.6 is 44.0 Å². The monoisotopic (exact) mass is 226 g/mol. The molecule has 0 heterocycles. The third-order valence-electron chi connectivity index (χ3n) is 1.42. The van der Waals surface area contributed by atoms with Crippen molar-refractivity contribution >= 4 is 49.3 Å². The molecule has 1 aromatic rings. The molecule has 0 aromatic heterocycles. The molecular weight excluding hydrogens is 221 g/mol. The van der Waals surface area contributed by atoms with Gasteiger partial charge in [0.1, 0.15) is 0 Å². The van der Waals surface area contributed by atoms with Gasteiger partial charge in [-0.15, -0.1) is 9.24 Å². The molecule has 0 nitrogen and oxygen atoms in total. The molecule has 1 rings (SSSR count). The van der Waals surface area contributed by atoms with Gasteiger partial charge in [-0.3, -0.25) is 0 Å². The summed E-state index contributed by atoms with van der Waals surface area (Å²) in [5.41, 5.74) is 0.824. The molecule has 0 N–H and O–H groups in total. The first-order valence-electron chi connectivity index (χ1n) is 2.93. The van der Waals surface area contributed by atoms with Crippen molar-refractivity contribution in [1.82, 2.24) is 0 Å². The average molecular weight is 227 g/mol. The fraction of sp³-hybridized carbons (Fsp3) is 0.143. The summed E-state index contributed by atoms with van der Waals surface area (Å²) in [7, 11) is 2.48. The highest BCUT2D eigenvalue weighted by Crippen LogP contribution is 2.30. The standard InChI is InChI=1S/C7H6Cl3P/c1-3-4(8)2-5(11)7(10)6(3)9/h2H,11H2,1H3. The summed E-state index contributed by atoms with van der Waals surface area (Å²) >= 11 is 17.5. The molecule has 0 spiro atoms. The van der Waals surface area contributed by atoms with Crippen molar-refractivity contribution in [2.75, 3.05) is 0 Å². The summed E-state index contributed by atoms with van der Waals surface area (Å²) in [4.78, 5) is 0. The van der Waals surface area contributed by atoms with Gasteiger partial charge in [-0.2, -0.15) is 0 Å². The van der Waals surface area contributed by atoms with Gasteiger partial charge in [0.15, 0.2) is 0 Å². The highest BCUT2D eigenvalue weighted by molar-refractivity contribution is 7.28. The number of benzene rings is 1. The summed E-state index contributed by atoms with van der Waals surface area (Å²) in [6.07, 6.45) is 0. The van der Waals surface area contributed by atoms with E-state index in [4.69, 9.17) is 34.8 Å². The predicted octanol–water partition coefficient (Wildman–Crippen LogP) is 3.46. The van der Waals surface area contributed by atoms with Gasteiger partial charge in [0, 0.05) is 5.02 Å². The second-order valence-electron chi connectivity index (χ2n) is 2.20. The molecule has 1 atom stereocenters. The Morgan fingerprint density at radius 1 is 1.18 bits per heavy atom. The van der Waals surface area contributed by atoms with Crippen LogP contribution in [-0.2, 0) is 0 Å². The van der Waals surface area contributed by atoms with Crippen LogP contribution < -0.4 is 5.30 Å². The van der Waals surface area contributed by atoms with Gasteiger partial charge in [0.05, 0.1) is 10.0 Å². The van der Waals surface area contributed by atoms with Crippen molar-refractivity contribution < 1.29 is 0 Å². The Morgan fingerprint density at radius 3 is 2.27 bits per heavy atom. The van der Waals surface area contributed by atoms with E-state index in [9.17, 15) is 0 Å². The lowest BCUT2D eigenvalue weighted by atomic mass is 10.2. The van der Waals surface area contributed by atoms with E-state index >= 15 is 0 Å². The maximum absolute atomic E-state index is 5.86. The van der Waals surface area contributed by atoms with Gasteiger partial charge >= 0.3 is 0 Å². The Balaban J connectivity index is 3.46. The first-order chi connectivity index (χ1) is 5.04. The molecule has 60 valence electrons. The normalized spacial score (nSPS) is 10.3. The molecule has 0 aliphatic heterocycles. The second-order valence-corrected chi connectivity index (χ2v) is 3.99. The summed E-state index contributed by atoms with van der Waals surface area (Å²) in [6.45, 7) is 1.83. The lowest BCUT2D eigenvalue weighted by Crippen LogP contribution is -1.95. The van der Waals surface area contributed by atoms with E-state index in [2.05, 4.69) is 9.24 Å². The van der Waals surface area contributed by atoms with Gasteiger partial charge in [0.25, 0.3) is 0 Å². The van der Waals surface area contributed by atoms with Crippen molar-refractivity contribution in [3.05, 3.63) is 26.7 Å². The molecule has 4 heteroatoms. The maximum Gasteiger partial charge on any atom is 0.0667 e. The van der Waals surface area contributed by atoms with E-state index in [-0.39, 0.29) is 0 Å². The highest BCUT2D eigenvalue weighted by atomic mass is 35.5.